The molecule has 164 valence electrons. The minimum atomic E-state index is -0.281. The van der Waals surface area contributed by atoms with Crippen LogP contribution in [0.4, 0.5) is 4.39 Å². The molecule has 0 bridgehead atoms. The minimum absolute atomic E-state index is 0.00538. The van der Waals surface area contributed by atoms with Crippen LogP contribution in [0.2, 0.25) is 0 Å². The molecule has 6 nitrogen and oxygen atoms in total. The molecule has 0 N–H and O–H groups in total. The van der Waals surface area contributed by atoms with E-state index >= 15 is 0 Å². The van der Waals surface area contributed by atoms with Gasteiger partial charge in [-0.1, -0.05) is 30.0 Å². The van der Waals surface area contributed by atoms with E-state index in [4.69, 9.17) is 0 Å². The van der Waals surface area contributed by atoms with Crippen LogP contribution in [-0.4, -0.2) is 63.4 Å². The number of benzene rings is 2. The summed E-state index contributed by atoms with van der Waals surface area (Å²) < 4.78 is 15.1. The summed E-state index contributed by atoms with van der Waals surface area (Å²) in [7, 11) is 3.95. The molecule has 0 atom stereocenters. The zero-order valence-electron chi connectivity index (χ0n) is 18.4. The lowest BCUT2D eigenvalue weighted by molar-refractivity contribution is -0.129. The summed E-state index contributed by atoms with van der Waals surface area (Å²) in [6.45, 7) is 5.92. The quantitative estimate of drug-likeness (QED) is 0.474. The Hall–Kier alpha value is -2.71. The van der Waals surface area contributed by atoms with Crippen molar-refractivity contribution >= 4 is 17.7 Å². The Morgan fingerprint density at radius 3 is 2.48 bits per heavy atom. The summed E-state index contributed by atoms with van der Waals surface area (Å²) in [5.41, 5.74) is 4.28. The number of hydrogen-bond acceptors (Lipinski definition) is 5. The van der Waals surface area contributed by atoms with Gasteiger partial charge in [0, 0.05) is 25.3 Å². The fourth-order valence-corrected chi connectivity index (χ4v) is 3.85. The van der Waals surface area contributed by atoms with E-state index in [2.05, 4.69) is 36.2 Å². The largest absolute Gasteiger partial charge is 0.336 e. The number of hydrogen-bond donors (Lipinski definition) is 0. The second-order valence-electron chi connectivity index (χ2n) is 7.79. The SMILES string of the molecule is Cc1ccc(-n2cnnc2SCC(=O)N(CCN(C)C)Cc2ccc(F)cc2)cc1C. The number of thioether (sulfide) groups is 1. The molecular formula is C23H28FN5OS. The van der Waals surface area contributed by atoms with Crippen molar-refractivity contribution in [2.24, 2.45) is 0 Å². The highest BCUT2D eigenvalue weighted by atomic mass is 32.2. The normalized spacial score (nSPS) is 11.2. The van der Waals surface area contributed by atoms with Gasteiger partial charge in [-0.25, -0.2) is 4.39 Å². The molecule has 3 rings (SSSR count). The van der Waals surface area contributed by atoms with Crippen molar-refractivity contribution in [2.45, 2.75) is 25.5 Å². The van der Waals surface area contributed by atoms with Crippen molar-refractivity contribution in [3.63, 3.8) is 0 Å². The van der Waals surface area contributed by atoms with Crippen LogP contribution in [0.5, 0.6) is 0 Å². The maximum atomic E-state index is 13.2. The van der Waals surface area contributed by atoms with Gasteiger partial charge in [-0.05, 0) is 68.9 Å². The Morgan fingerprint density at radius 2 is 1.81 bits per heavy atom. The van der Waals surface area contributed by atoms with Crippen molar-refractivity contribution < 1.29 is 9.18 Å². The van der Waals surface area contributed by atoms with Crippen LogP contribution in [0.3, 0.4) is 0 Å². The molecule has 8 heteroatoms. The summed E-state index contributed by atoms with van der Waals surface area (Å²) in [4.78, 5) is 16.9. The number of halogens is 1. The Bertz CT molecular complexity index is 1020. The average Bonchev–Trinajstić information content (AvgIpc) is 3.21. The molecule has 0 saturated heterocycles. The molecule has 3 aromatic rings. The topological polar surface area (TPSA) is 54.3 Å². The highest BCUT2D eigenvalue weighted by Gasteiger charge is 2.17. The molecule has 31 heavy (non-hydrogen) atoms. The third-order valence-corrected chi connectivity index (χ3v) is 5.99. The van der Waals surface area contributed by atoms with Crippen LogP contribution in [0, 0.1) is 19.7 Å². The summed E-state index contributed by atoms with van der Waals surface area (Å²) in [6, 6.07) is 12.5. The van der Waals surface area contributed by atoms with E-state index in [0.29, 0.717) is 18.2 Å². The molecule has 0 spiro atoms. The highest BCUT2D eigenvalue weighted by molar-refractivity contribution is 7.99. The molecular weight excluding hydrogens is 413 g/mol. The summed E-state index contributed by atoms with van der Waals surface area (Å²) in [5.74, 6) is -0.0278. The number of carbonyl (C=O) groups excluding carboxylic acids is 1. The molecule has 0 aliphatic carbocycles. The number of likely N-dealkylation sites (N-methyl/N-ethyl adjacent to an activating group) is 1. The molecule has 1 heterocycles. The Morgan fingerprint density at radius 1 is 1.06 bits per heavy atom. The van der Waals surface area contributed by atoms with E-state index < -0.39 is 0 Å². The molecule has 0 fully saturated rings. The molecule has 0 unspecified atom stereocenters. The van der Waals surface area contributed by atoms with E-state index in [0.717, 1.165) is 17.8 Å². The number of aryl methyl sites for hydroxylation is 2. The predicted molar refractivity (Wildman–Crippen MR) is 122 cm³/mol. The van der Waals surface area contributed by atoms with Gasteiger partial charge in [0.2, 0.25) is 5.91 Å². The van der Waals surface area contributed by atoms with Crippen LogP contribution < -0.4 is 0 Å². The van der Waals surface area contributed by atoms with E-state index in [1.807, 2.05) is 29.6 Å². The van der Waals surface area contributed by atoms with E-state index in [1.54, 1.807) is 23.4 Å². The monoisotopic (exact) mass is 441 g/mol. The number of aromatic nitrogens is 3. The van der Waals surface area contributed by atoms with Gasteiger partial charge in [-0.3, -0.25) is 9.36 Å². The Kier molecular flexibility index (Phi) is 7.81. The lowest BCUT2D eigenvalue weighted by atomic mass is 10.1. The van der Waals surface area contributed by atoms with Crippen molar-refractivity contribution in [1.29, 1.82) is 0 Å². The molecule has 0 saturated carbocycles. The summed E-state index contributed by atoms with van der Waals surface area (Å²) in [5, 5.41) is 8.91. The number of amides is 1. The van der Waals surface area contributed by atoms with E-state index in [-0.39, 0.29) is 17.5 Å². The average molecular weight is 442 g/mol. The van der Waals surface area contributed by atoms with Gasteiger partial charge in [0.1, 0.15) is 12.1 Å². The second kappa shape index (κ2) is 10.5. The van der Waals surface area contributed by atoms with Crippen molar-refractivity contribution in [1.82, 2.24) is 24.6 Å². The van der Waals surface area contributed by atoms with Gasteiger partial charge in [0.25, 0.3) is 0 Å². The first-order valence-electron chi connectivity index (χ1n) is 10.1. The fraction of sp³-hybridized carbons (Fsp3) is 0.348. The first-order valence-corrected chi connectivity index (χ1v) is 11.1. The van der Waals surface area contributed by atoms with Crippen molar-refractivity contribution in [2.75, 3.05) is 32.9 Å². The lowest BCUT2D eigenvalue weighted by Crippen LogP contribution is -2.37. The number of rotatable bonds is 9. The van der Waals surface area contributed by atoms with Crippen LogP contribution in [0.1, 0.15) is 16.7 Å². The molecule has 0 aliphatic rings. The third kappa shape index (κ3) is 6.38. The smallest absolute Gasteiger partial charge is 0.233 e. The standard InChI is InChI=1S/C23H28FN5OS/c1-17-5-10-21(13-18(17)2)29-16-25-26-23(29)31-15-22(30)28(12-11-27(3)4)14-19-6-8-20(24)9-7-19/h5-10,13,16H,11-12,14-15H2,1-4H3. The number of carbonyl (C=O) groups is 1. The highest BCUT2D eigenvalue weighted by Crippen LogP contribution is 2.22. The van der Waals surface area contributed by atoms with Crippen molar-refractivity contribution in [3.05, 3.63) is 71.3 Å². The third-order valence-electron chi connectivity index (χ3n) is 5.07. The molecule has 1 aromatic heterocycles. The van der Waals surface area contributed by atoms with Gasteiger partial charge < -0.3 is 9.80 Å². The van der Waals surface area contributed by atoms with Gasteiger partial charge in [0.15, 0.2) is 5.16 Å². The van der Waals surface area contributed by atoms with Crippen molar-refractivity contribution in [3.8, 4) is 5.69 Å². The fourth-order valence-electron chi connectivity index (χ4n) is 3.02. The van der Waals surface area contributed by atoms with Gasteiger partial charge in [-0.2, -0.15) is 0 Å². The summed E-state index contributed by atoms with van der Waals surface area (Å²) >= 11 is 1.37. The molecule has 2 aromatic carbocycles. The van der Waals surface area contributed by atoms with E-state index in [9.17, 15) is 9.18 Å². The van der Waals surface area contributed by atoms with Crippen LogP contribution >= 0.6 is 11.8 Å². The van der Waals surface area contributed by atoms with Gasteiger partial charge >= 0.3 is 0 Å². The Balaban J connectivity index is 1.69. The first kappa shape index (κ1) is 23.0. The predicted octanol–water partition coefficient (Wildman–Crippen LogP) is 3.71. The van der Waals surface area contributed by atoms with Crippen LogP contribution in [0.15, 0.2) is 53.9 Å². The van der Waals surface area contributed by atoms with Crippen LogP contribution in [0.25, 0.3) is 5.69 Å². The van der Waals surface area contributed by atoms with Gasteiger partial charge in [0.05, 0.1) is 5.75 Å². The Labute approximate surface area is 187 Å². The maximum Gasteiger partial charge on any atom is 0.233 e. The van der Waals surface area contributed by atoms with Crippen LogP contribution in [-0.2, 0) is 11.3 Å². The lowest BCUT2D eigenvalue weighted by Gasteiger charge is -2.24. The van der Waals surface area contributed by atoms with E-state index in [1.165, 1.54) is 35.0 Å². The molecule has 0 radical (unpaired) electrons. The maximum absolute atomic E-state index is 13.2. The molecule has 0 aliphatic heterocycles. The number of nitrogens with zero attached hydrogens (tertiary/aromatic N) is 5. The van der Waals surface area contributed by atoms with Gasteiger partial charge in [-0.15, -0.1) is 10.2 Å². The molecule has 1 amide bonds. The summed E-state index contributed by atoms with van der Waals surface area (Å²) in [6.07, 6.45) is 1.67. The first-order chi connectivity index (χ1) is 14.8. The second-order valence-corrected chi connectivity index (χ2v) is 8.73. The minimum Gasteiger partial charge on any atom is -0.336 e. The zero-order chi connectivity index (χ0) is 22.4. The zero-order valence-corrected chi connectivity index (χ0v) is 19.2.